The van der Waals surface area contributed by atoms with Gasteiger partial charge in [0.1, 0.15) is 0 Å². The first-order valence-electron chi connectivity index (χ1n) is 7.01. The van der Waals surface area contributed by atoms with E-state index in [9.17, 15) is 8.42 Å². The predicted octanol–water partition coefficient (Wildman–Crippen LogP) is 4.54. The summed E-state index contributed by atoms with van der Waals surface area (Å²) in [5.41, 5.74) is 4.03. The highest BCUT2D eigenvalue weighted by Crippen LogP contribution is 2.33. The molecule has 0 N–H and O–H groups in total. The van der Waals surface area contributed by atoms with Crippen LogP contribution in [0, 0.1) is 0 Å². The Kier molecular flexibility index (Phi) is 5.29. The molecule has 0 spiro atoms. The largest absolute Gasteiger partial charge is 0.224 e. The van der Waals surface area contributed by atoms with Crippen molar-refractivity contribution in [2.24, 2.45) is 0 Å². The average Bonchev–Trinajstić information content (AvgIpc) is 2.55. The summed E-state index contributed by atoms with van der Waals surface area (Å²) in [7, 11) is -3.23. The van der Waals surface area contributed by atoms with Crippen LogP contribution in [0.15, 0.2) is 83.8 Å². The van der Waals surface area contributed by atoms with Gasteiger partial charge in [-0.3, -0.25) is 0 Å². The van der Waals surface area contributed by atoms with Gasteiger partial charge in [-0.05, 0) is 34.4 Å². The molecule has 3 rings (SSSR count). The fourth-order valence-electron chi connectivity index (χ4n) is 2.48. The number of benzene rings is 3. The van der Waals surface area contributed by atoms with E-state index in [0.29, 0.717) is 4.90 Å². The van der Waals surface area contributed by atoms with Gasteiger partial charge >= 0.3 is 0 Å². The zero-order valence-electron chi connectivity index (χ0n) is 12.7. The minimum atomic E-state index is -3.23. The van der Waals surface area contributed by atoms with Crippen molar-refractivity contribution in [3.8, 4) is 22.3 Å². The Morgan fingerprint density at radius 2 is 1.13 bits per heavy atom. The molecule has 0 aliphatic rings. The molecule has 0 bridgehead atoms. The van der Waals surface area contributed by atoms with E-state index in [-0.39, 0.29) is 13.5 Å². The second kappa shape index (κ2) is 7.02. The van der Waals surface area contributed by atoms with Crippen LogP contribution >= 0.6 is 13.5 Å². The van der Waals surface area contributed by atoms with Gasteiger partial charge in [0.25, 0.3) is 0 Å². The number of hydrogen-bond acceptors (Lipinski definition) is 2. The summed E-state index contributed by atoms with van der Waals surface area (Å²) in [5, 5.41) is 0. The fourth-order valence-corrected chi connectivity index (χ4v) is 3.13. The molecule has 0 saturated heterocycles. The van der Waals surface area contributed by atoms with Crippen LogP contribution in [0.4, 0.5) is 0 Å². The highest BCUT2D eigenvalue weighted by atomic mass is 32.2. The van der Waals surface area contributed by atoms with Gasteiger partial charge in [-0.2, -0.15) is 13.5 Å². The topological polar surface area (TPSA) is 34.1 Å². The molecule has 4 heteroatoms. The van der Waals surface area contributed by atoms with Crippen LogP contribution < -0.4 is 0 Å². The third-order valence-corrected chi connectivity index (χ3v) is 4.70. The van der Waals surface area contributed by atoms with Gasteiger partial charge in [0, 0.05) is 6.26 Å². The quantitative estimate of drug-likeness (QED) is 0.700. The maximum absolute atomic E-state index is 11.9. The lowest BCUT2D eigenvalue weighted by atomic mass is 9.95. The fraction of sp³-hybridized carbons (Fsp3) is 0.0526. The molecule has 0 radical (unpaired) electrons. The van der Waals surface area contributed by atoms with Crippen molar-refractivity contribution in [3.63, 3.8) is 0 Å². The molecule has 0 aliphatic carbocycles. The first kappa shape index (κ1) is 17.3. The molecular formula is C19H18O2S2. The van der Waals surface area contributed by atoms with Crippen molar-refractivity contribution in [2.75, 3.05) is 6.26 Å². The maximum Gasteiger partial charge on any atom is 0.175 e. The van der Waals surface area contributed by atoms with E-state index >= 15 is 0 Å². The second-order valence-corrected chi connectivity index (χ2v) is 7.23. The van der Waals surface area contributed by atoms with Crippen molar-refractivity contribution in [1.29, 1.82) is 0 Å². The van der Waals surface area contributed by atoms with Crippen molar-refractivity contribution in [3.05, 3.63) is 78.9 Å². The summed E-state index contributed by atoms with van der Waals surface area (Å²) in [4.78, 5) is 0.339. The van der Waals surface area contributed by atoms with E-state index in [2.05, 4.69) is 0 Å². The van der Waals surface area contributed by atoms with E-state index in [1.165, 1.54) is 6.26 Å². The molecular weight excluding hydrogens is 324 g/mol. The maximum atomic E-state index is 11.9. The minimum Gasteiger partial charge on any atom is -0.224 e. The first-order valence-corrected chi connectivity index (χ1v) is 8.90. The number of sulfone groups is 1. The highest BCUT2D eigenvalue weighted by molar-refractivity contribution is 7.90. The summed E-state index contributed by atoms with van der Waals surface area (Å²) < 4.78 is 23.7. The van der Waals surface area contributed by atoms with Gasteiger partial charge in [0.2, 0.25) is 0 Å². The van der Waals surface area contributed by atoms with Gasteiger partial charge in [-0.15, -0.1) is 0 Å². The van der Waals surface area contributed by atoms with E-state index in [1.807, 2.05) is 66.7 Å². The van der Waals surface area contributed by atoms with Gasteiger partial charge < -0.3 is 0 Å². The number of rotatable bonds is 3. The van der Waals surface area contributed by atoms with E-state index in [1.54, 1.807) is 12.1 Å². The van der Waals surface area contributed by atoms with Gasteiger partial charge in [0.15, 0.2) is 9.84 Å². The standard InChI is InChI=1S/C19H16O2S.H2S/c1-22(20,21)17-12-13-18(15-8-4-2-5-9-15)19(14-17)16-10-6-3-7-11-16;/h2-14H,1H3;1H2. The van der Waals surface area contributed by atoms with E-state index < -0.39 is 9.84 Å². The lowest BCUT2D eigenvalue weighted by Crippen LogP contribution is -1.98. The van der Waals surface area contributed by atoms with Gasteiger partial charge in [-0.25, -0.2) is 8.42 Å². The molecule has 0 unspecified atom stereocenters. The monoisotopic (exact) mass is 342 g/mol. The SMILES string of the molecule is CS(=O)(=O)c1ccc(-c2ccccc2)c(-c2ccccc2)c1.S. The molecule has 3 aromatic carbocycles. The minimum absolute atomic E-state index is 0. The smallest absolute Gasteiger partial charge is 0.175 e. The third-order valence-electron chi connectivity index (χ3n) is 3.59. The molecule has 0 amide bonds. The molecule has 0 fully saturated rings. The molecule has 0 atom stereocenters. The molecule has 0 aliphatic heterocycles. The van der Waals surface area contributed by atoms with E-state index in [4.69, 9.17) is 0 Å². The average molecular weight is 342 g/mol. The van der Waals surface area contributed by atoms with Crippen molar-refractivity contribution < 1.29 is 8.42 Å². The summed E-state index contributed by atoms with van der Waals surface area (Å²) in [6.45, 7) is 0. The van der Waals surface area contributed by atoms with Crippen molar-refractivity contribution >= 4 is 23.3 Å². The molecule has 0 saturated carbocycles. The summed E-state index contributed by atoms with van der Waals surface area (Å²) in [6, 6.07) is 25.1. The lowest BCUT2D eigenvalue weighted by molar-refractivity contribution is 0.602. The van der Waals surface area contributed by atoms with Crippen LogP contribution in [-0.2, 0) is 9.84 Å². The van der Waals surface area contributed by atoms with Gasteiger partial charge in [-0.1, -0.05) is 66.7 Å². The van der Waals surface area contributed by atoms with Crippen LogP contribution in [0.1, 0.15) is 0 Å². The molecule has 118 valence electrons. The predicted molar refractivity (Wildman–Crippen MR) is 101 cm³/mol. The normalized spacial score (nSPS) is 10.8. The van der Waals surface area contributed by atoms with Crippen molar-refractivity contribution in [1.82, 2.24) is 0 Å². The van der Waals surface area contributed by atoms with Crippen LogP contribution in [0.2, 0.25) is 0 Å². The Hall–Kier alpha value is -2.04. The Labute approximate surface area is 144 Å². The first-order chi connectivity index (χ1) is 10.6. The lowest BCUT2D eigenvalue weighted by Gasteiger charge is -2.12. The molecule has 0 heterocycles. The van der Waals surface area contributed by atoms with E-state index in [0.717, 1.165) is 22.3 Å². The second-order valence-electron chi connectivity index (χ2n) is 5.21. The van der Waals surface area contributed by atoms with Crippen molar-refractivity contribution in [2.45, 2.75) is 4.90 Å². The van der Waals surface area contributed by atoms with Crippen LogP contribution in [-0.4, -0.2) is 14.7 Å². The Morgan fingerprint density at radius 1 is 0.652 bits per heavy atom. The van der Waals surface area contributed by atoms with Crippen LogP contribution in [0.5, 0.6) is 0 Å². The summed E-state index contributed by atoms with van der Waals surface area (Å²) >= 11 is 0. The molecule has 2 nitrogen and oxygen atoms in total. The Bertz CT molecular complexity index is 887. The Morgan fingerprint density at radius 3 is 1.61 bits per heavy atom. The Balaban J connectivity index is 0.00000192. The third kappa shape index (κ3) is 3.84. The zero-order chi connectivity index (χ0) is 15.6. The van der Waals surface area contributed by atoms with Gasteiger partial charge in [0.05, 0.1) is 4.90 Å². The van der Waals surface area contributed by atoms with Crippen LogP contribution in [0.25, 0.3) is 22.3 Å². The summed E-state index contributed by atoms with van der Waals surface area (Å²) in [6.07, 6.45) is 1.24. The molecule has 23 heavy (non-hydrogen) atoms. The molecule has 0 aromatic heterocycles. The zero-order valence-corrected chi connectivity index (χ0v) is 14.5. The highest BCUT2D eigenvalue weighted by Gasteiger charge is 2.13. The molecule has 3 aromatic rings. The summed E-state index contributed by atoms with van der Waals surface area (Å²) in [5.74, 6) is 0. The number of hydrogen-bond donors (Lipinski definition) is 0. The van der Waals surface area contributed by atoms with Crippen LogP contribution in [0.3, 0.4) is 0 Å².